The Hall–Kier alpha value is -2.11. The van der Waals surface area contributed by atoms with Crippen LogP contribution < -0.4 is 4.74 Å². The number of likely N-dealkylation sites (N-methyl/N-ethyl adjacent to an activating group) is 1. The van der Waals surface area contributed by atoms with E-state index in [1.54, 1.807) is 13.0 Å². The highest BCUT2D eigenvalue weighted by molar-refractivity contribution is 5.81. The second kappa shape index (κ2) is 8.14. The van der Waals surface area contributed by atoms with Crippen molar-refractivity contribution < 1.29 is 23.5 Å². The fraction of sp³-hybridized carbons (Fsp3) is 0.429. The molecule has 1 aromatic rings. The molecule has 0 saturated carbocycles. The van der Waals surface area contributed by atoms with E-state index in [0.29, 0.717) is 5.75 Å². The zero-order valence-corrected chi connectivity index (χ0v) is 11.6. The van der Waals surface area contributed by atoms with E-state index in [0.717, 1.165) is 0 Å². The lowest BCUT2D eigenvalue weighted by Crippen LogP contribution is -2.33. The summed E-state index contributed by atoms with van der Waals surface area (Å²) in [6, 6.07) is 5.69. The van der Waals surface area contributed by atoms with Crippen LogP contribution in [-0.4, -0.2) is 43.6 Å². The van der Waals surface area contributed by atoms with E-state index < -0.39 is 11.8 Å². The van der Waals surface area contributed by atoms with E-state index in [9.17, 15) is 14.0 Å². The maximum Gasteiger partial charge on any atom is 0.325 e. The van der Waals surface area contributed by atoms with Crippen LogP contribution in [0.4, 0.5) is 4.39 Å². The van der Waals surface area contributed by atoms with Gasteiger partial charge >= 0.3 is 5.97 Å². The Morgan fingerprint density at radius 2 is 2.10 bits per heavy atom. The fourth-order valence-corrected chi connectivity index (χ4v) is 1.49. The van der Waals surface area contributed by atoms with Crippen LogP contribution in [0, 0.1) is 5.82 Å². The molecular formula is C14H18FNO4. The molecule has 0 bridgehead atoms. The second-order valence-electron chi connectivity index (χ2n) is 4.11. The van der Waals surface area contributed by atoms with Gasteiger partial charge in [0, 0.05) is 13.1 Å². The Morgan fingerprint density at radius 1 is 1.35 bits per heavy atom. The van der Waals surface area contributed by atoms with Gasteiger partial charge in [0.1, 0.15) is 18.1 Å². The SMILES string of the molecule is CCOC(=O)CN(C)C(=O)CCOc1cccc(F)c1. The smallest absolute Gasteiger partial charge is 0.325 e. The largest absolute Gasteiger partial charge is 0.493 e. The summed E-state index contributed by atoms with van der Waals surface area (Å²) < 4.78 is 22.9. The third-order valence-corrected chi connectivity index (χ3v) is 2.48. The van der Waals surface area contributed by atoms with Gasteiger partial charge in [-0.3, -0.25) is 9.59 Å². The Kier molecular flexibility index (Phi) is 6.49. The number of amides is 1. The first-order valence-corrected chi connectivity index (χ1v) is 6.31. The van der Waals surface area contributed by atoms with Crippen molar-refractivity contribution in [3.8, 4) is 5.75 Å². The van der Waals surface area contributed by atoms with Crippen molar-refractivity contribution in [1.82, 2.24) is 4.90 Å². The van der Waals surface area contributed by atoms with Crippen molar-refractivity contribution in [2.24, 2.45) is 0 Å². The average molecular weight is 283 g/mol. The molecule has 0 heterocycles. The molecule has 0 aliphatic rings. The van der Waals surface area contributed by atoms with Gasteiger partial charge in [0.05, 0.1) is 19.6 Å². The highest BCUT2D eigenvalue weighted by Gasteiger charge is 2.13. The van der Waals surface area contributed by atoms with E-state index in [1.807, 2.05) is 0 Å². The fourth-order valence-electron chi connectivity index (χ4n) is 1.49. The van der Waals surface area contributed by atoms with Gasteiger partial charge < -0.3 is 14.4 Å². The third kappa shape index (κ3) is 5.69. The van der Waals surface area contributed by atoms with Crippen LogP contribution in [-0.2, 0) is 14.3 Å². The molecule has 0 unspecified atom stereocenters. The standard InChI is InChI=1S/C14H18FNO4/c1-3-19-14(18)10-16(2)13(17)7-8-20-12-6-4-5-11(15)9-12/h4-6,9H,3,7-8,10H2,1-2H3. The second-order valence-corrected chi connectivity index (χ2v) is 4.11. The predicted molar refractivity (Wildman–Crippen MR) is 70.8 cm³/mol. The summed E-state index contributed by atoms with van der Waals surface area (Å²) in [6.07, 6.45) is 0.104. The molecule has 1 rings (SSSR count). The molecule has 0 atom stereocenters. The van der Waals surface area contributed by atoms with E-state index in [-0.39, 0.29) is 32.1 Å². The van der Waals surface area contributed by atoms with Gasteiger partial charge in [0.15, 0.2) is 0 Å². The topological polar surface area (TPSA) is 55.8 Å². The summed E-state index contributed by atoms with van der Waals surface area (Å²) in [6.45, 7) is 2.01. The molecule has 5 nitrogen and oxygen atoms in total. The van der Waals surface area contributed by atoms with Crippen LogP contribution in [0.3, 0.4) is 0 Å². The van der Waals surface area contributed by atoms with Crippen molar-refractivity contribution in [1.29, 1.82) is 0 Å². The highest BCUT2D eigenvalue weighted by Crippen LogP contribution is 2.12. The number of nitrogens with zero attached hydrogens (tertiary/aromatic N) is 1. The number of esters is 1. The van der Waals surface area contributed by atoms with Crippen LogP contribution >= 0.6 is 0 Å². The molecule has 0 radical (unpaired) electrons. The molecule has 0 aliphatic heterocycles. The average Bonchev–Trinajstić information content (AvgIpc) is 2.38. The molecule has 1 amide bonds. The van der Waals surface area contributed by atoms with Crippen molar-refractivity contribution in [2.45, 2.75) is 13.3 Å². The number of rotatable bonds is 7. The minimum atomic E-state index is -0.450. The quantitative estimate of drug-likeness (QED) is 0.713. The lowest BCUT2D eigenvalue weighted by Gasteiger charge is -2.16. The number of ether oxygens (including phenoxy) is 2. The van der Waals surface area contributed by atoms with Gasteiger partial charge in [-0.2, -0.15) is 0 Å². The number of hydrogen-bond acceptors (Lipinski definition) is 4. The van der Waals surface area contributed by atoms with Crippen LogP contribution in [0.25, 0.3) is 0 Å². The highest BCUT2D eigenvalue weighted by atomic mass is 19.1. The summed E-state index contributed by atoms with van der Waals surface area (Å²) in [5.74, 6) is -0.719. The molecule has 0 spiro atoms. The van der Waals surface area contributed by atoms with Gasteiger partial charge in [-0.1, -0.05) is 6.07 Å². The van der Waals surface area contributed by atoms with E-state index in [4.69, 9.17) is 9.47 Å². The first kappa shape index (κ1) is 15.9. The van der Waals surface area contributed by atoms with Gasteiger partial charge in [0.25, 0.3) is 0 Å². The van der Waals surface area contributed by atoms with Crippen LogP contribution in [0.15, 0.2) is 24.3 Å². The molecule has 0 fully saturated rings. The van der Waals surface area contributed by atoms with Crippen LogP contribution in [0.5, 0.6) is 5.75 Å². The minimum Gasteiger partial charge on any atom is -0.493 e. The molecule has 0 aliphatic carbocycles. The number of carbonyl (C=O) groups is 2. The Bertz CT molecular complexity index is 464. The van der Waals surface area contributed by atoms with Gasteiger partial charge in [-0.05, 0) is 19.1 Å². The lowest BCUT2D eigenvalue weighted by atomic mass is 10.3. The van der Waals surface area contributed by atoms with Crippen molar-refractivity contribution in [3.05, 3.63) is 30.1 Å². The summed E-state index contributed by atoms with van der Waals surface area (Å²) in [5, 5.41) is 0. The lowest BCUT2D eigenvalue weighted by molar-refractivity contribution is -0.148. The van der Waals surface area contributed by atoms with E-state index in [2.05, 4.69) is 0 Å². The molecule has 0 N–H and O–H groups in total. The molecule has 1 aromatic carbocycles. The number of benzene rings is 1. The van der Waals surface area contributed by atoms with Gasteiger partial charge in [-0.15, -0.1) is 0 Å². The summed E-state index contributed by atoms with van der Waals surface area (Å²) in [5.41, 5.74) is 0. The number of halogens is 1. The molecule has 20 heavy (non-hydrogen) atoms. The normalized spacial score (nSPS) is 9.95. The Labute approximate surface area is 117 Å². The summed E-state index contributed by atoms with van der Waals surface area (Å²) in [4.78, 5) is 24.2. The minimum absolute atomic E-state index is 0.0906. The summed E-state index contributed by atoms with van der Waals surface area (Å²) >= 11 is 0. The van der Waals surface area contributed by atoms with Crippen molar-refractivity contribution >= 4 is 11.9 Å². The van der Waals surface area contributed by atoms with E-state index >= 15 is 0 Å². The molecular weight excluding hydrogens is 265 g/mol. The van der Waals surface area contributed by atoms with E-state index in [1.165, 1.54) is 30.1 Å². The van der Waals surface area contributed by atoms with Gasteiger partial charge in [-0.25, -0.2) is 4.39 Å². The van der Waals surface area contributed by atoms with Crippen molar-refractivity contribution in [2.75, 3.05) is 26.8 Å². The first-order chi connectivity index (χ1) is 9.52. The Balaban J connectivity index is 2.30. The zero-order valence-electron chi connectivity index (χ0n) is 11.6. The van der Waals surface area contributed by atoms with Crippen LogP contribution in [0.1, 0.15) is 13.3 Å². The third-order valence-electron chi connectivity index (χ3n) is 2.48. The molecule has 0 saturated heterocycles. The number of carbonyl (C=O) groups excluding carboxylic acids is 2. The maximum absolute atomic E-state index is 12.9. The molecule has 0 aromatic heterocycles. The molecule has 6 heteroatoms. The zero-order chi connectivity index (χ0) is 15.0. The predicted octanol–water partition coefficient (Wildman–Crippen LogP) is 1.62. The maximum atomic E-state index is 12.9. The van der Waals surface area contributed by atoms with Crippen LogP contribution in [0.2, 0.25) is 0 Å². The molecule has 110 valence electrons. The number of hydrogen-bond donors (Lipinski definition) is 0. The van der Waals surface area contributed by atoms with Crippen molar-refractivity contribution in [3.63, 3.8) is 0 Å². The monoisotopic (exact) mass is 283 g/mol. The summed E-state index contributed by atoms with van der Waals surface area (Å²) in [7, 11) is 1.52. The van der Waals surface area contributed by atoms with Gasteiger partial charge in [0.2, 0.25) is 5.91 Å². The first-order valence-electron chi connectivity index (χ1n) is 6.31. The Morgan fingerprint density at radius 3 is 2.75 bits per heavy atom.